The lowest BCUT2D eigenvalue weighted by Crippen LogP contribution is -1.98. The highest BCUT2D eigenvalue weighted by Crippen LogP contribution is 2.32. The Kier molecular flexibility index (Phi) is 2.88. The molecule has 1 aromatic heterocycles. The smallest absolute Gasteiger partial charge is 0.336 e. The van der Waals surface area contributed by atoms with Gasteiger partial charge in [-0.15, -0.1) is 0 Å². The fraction of sp³-hybridized carbons (Fsp3) is 0.0625. The van der Waals surface area contributed by atoms with Gasteiger partial charge in [0, 0.05) is 22.0 Å². The molecule has 0 bridgehead atoms. The third-order valence-corrected chi connectivity index (χ3v) is 3.44. The third-order valence-electron chi connectivity index (χ3n) is 3.12. The zero-order valence-corrected chi connectivity index (χ0v) is 11.1. The number of hydrogen-bond acceptors (Lipinski definition) is 2. The van der Waals surface area contributed by atoms with Crippen molar-refractivity contribution in [1.29, 1.82) is 0 Å². The summed E-state index contributed by atoms with van der Waals surface area (Å²) in [5, 5.41) is 1.51. The Hall–Kier alpha value is -2.06. The van der Waals surface area contributed by atoms with Crippen molar-refractivity contribution in [1.82, 2.24) is 0 Å². The fourth-order valence-electron chi connectivity index (χ4n) is 2.18. The highest BCUT2D eigenvalue weighted by Gasteiger charge is 2.09. The first-order chi connectivity index (χ1) is 9.15. The molecule has 3 aromatic rings. The summed E-state index contributed by atoms with van der Waals surface area (Å²) < 4.78 is 5.25. The molecule has 0 unspecified atom stereocenters. The molecule has 3 rings (SSSR count). The minimum Gasteiger partial charge on any atom is -0.423 e. The van der Waals surface area contributed by atoms with Gasteiger partial charge in [-0.05, 0) is 30.2 Å². The maximum absolute atomic E-state index is 11.4. The van der Waals surface area contributed by atoms with Gasteiger partial charge < -0.3 is 4.42 Å². The van der Waals surface area contributed by atoms with Gasteiger partial charge in [0.05, 0.1) is 0 Å². The molecule has 0 spiro atoms. The monoisotopic (exact) mass is 270 g/mol. The number of aryl methyl sites for hydroxylation is 1. The molecule has 0 fully saturated rings. The van der Waals surface area contributed by atoms with E-state index in [0.29, 0.717) is 10.6 Å². The summed E-state index contributed by atoms with van der Waals surface area (Å²) in [5.41, 5.74) is 2.95. The van der Waals surface area contributed by atoms with Gasteiger partial charge in [0.1, 0.15) is 5.58 Å². The van der Waals surface area contributed by atoms with Crippen LogP contribution in [0.2, 0.25) is 5.02 Å². The fourth-order valence-corrected chi connectivity index (χ4v) is 2.45. The molecule has 0 N–H and O–H groups in total. The van der Waals surface area contributed by atoms with E-state index in [1.54, 1.807) is 0 Å². The van der Waals surface area contributed by atoms with Gasteiger partial charge >= 0.3 is 5.63 Å². The minimum absolute atomic E-state index is 0.341. The first-order valence-electron chi connectivity index (χ1n) is 5.94. The molecule has 1 heterocycles. The normalized spacial score (nSPS) is 10.8. The second-order valence-electron chi connectivity index (χ2n) is 4.44. The summed E-state index contributed by atoms with van der Waals surface area (Å²) in [6, 6.07) is 14.9. The largest absolute Gasteiger partial charge is 0.423 e. The predicted octanol–water partition coefficient (Wildman–Crippen LogP) is 4.42. The molecule has 0 aliphatic carbocycles. The molecule has 0 radical (unpaired) electrons. The molecule has 94 valence electrons. The third kappa shape index (κ3) is 2.15. The first-order valence-corrected chi connectivity index (χ1v) is 6.32. The topological polar surface area (TPSA) is 30.2 Å². The lowest BCUT2D eigenvalue weighted by Gasteiger charge is -2.07. The number of hydrogen-bond donors (Lipinski definition) is 0. The van der Waals surface area contributed by atoms with Crippen LogP contribution in [0.3, 0.4) is 0 Å². The van der Waals surface area contributed by atoms with Gasteiger partial charge in [0.2, 0.25) is 0 Å². The van der Waals surface area contributed by atoms with Crippen LogP contribution < -0.4 is 5.63 Å². The maximum atomic E-state index is 11.4. The molecule has 0 amide bonds. The average molecular weight is 271 g/mol. The van der Waals surface area contributed by atoms with Crippen LogP contribution in [0.1, 0.15) is 5.56 Å². The Morgan fingerprint density at radius 2 is 1.79 bits per heavy atom. The SMILES string of the molecule is Cc1cc(=O)oc2cc(-c3ccccc3)c(Cl)cc12. The molecule has 0 atom stereocenters. The Labute approximate surface area is 115 Å². The number of halogens is 1. The van der Waals surface area contributed by atoms with Crippen LogP contribution in [0.5, 0.6) is 0 Å². The molecular formula is C16H11ClO2. The van der Waals surface area contributed by atoms with Crippen LogP contribution in [0.4, 0.5) is 0 Å². The highest BCUT2D eigenvalue weighted by molar-refractivity contribution is 6.34. The number of rotatable bonds is 1. The summed E-state index contributed by atoms with van der Waals surface area (Å²) in [6.07, 6.45) is 0. The highest BCUT2D eigenvalue weighted by atomic mass is 35.5. The Balaban J connectivity index is 2.34. The minimum atomic E-state index is -0.341. The van der Waals surface area contributed by atoms with Crippen molar-refractivity contribution < 1.29 is 4.42 Å². The van der Waals surface area contributed by atoms with Crippen molar-refractivity contribution >= 4 is 22.6 Å². The maximum Gasteiger partial charge on any atom is 0.336 e. The lowest BCUT2D eigenvalue weighted by atomic mass is 10.0. The summed E-state index contributed by atoms with van der Waals surface area (Å²) >= 11 is 6.33. The zero-order chi connectivity index (χ0) is 13.4. The quantitative estimate of drug-likeness (QED) is 0.613. The van der Waals surface area contributed by atoms with Crippen molar-refractivity contribution in [3.63, 3.8) is 0 Å². The molecule has 0 aliphatic heterocycles. The van der Waals surface area contributed by atoms with Gasteiger partial charge in [0.25, 0.3) is 0 Å². The van der Waals surface area contributed by atoms with Crippen molar-refractivity contribution in [3.8, 4) is 11.1 Å². The average Bonchev–Trinajstić information content (AvgIpc) is 2.40. The first kappa shape index (κ1) is 12.0. The van der Waals surface area contributed by atoms with E-state index in [9.17, 15) is 4.79 Å². The van der Waals surface area contributed by atoms with Gasteiger partial charge in [0.15, 0.2) is 0 Å². The van der Waals surface area contributed by atoms with Crippen molar-refractivity contribution in [2.75, 3.05) is 0 Å². The van der Waals surface area contributed by atoms with E-state index in [4.69, 9.17) is 16.0 Å². The van der Waals surface area contributed by atoms with Crippen LogP contribution in [0.25, 0.3) is 22.1 Å². The predicted molar refractivity (Wildman–Crippen MR) is 77.7 cm³/mol. The summed E-state index contributed by atoms with van der Waals surface area (Å²) in [4.78, 5) is 11.4. The molecule has 2 aromatic carbocycles. The van der Waals surface area contributed by atoms with Crippen LogP contribution in [0.15, 0.2) is 57.7 Å². The summed E-state index contributed by atoms with van der Waals surface area (Å²) in [6.45, 7) is 1.87. The standard InChI is InChI=1S/C16H11ClO2/c1-10-7-16(18)19-15-9-13(14(17)8-12(10)15)11-5-3-2-4-6-11/h2-9H,1H3. The van der Waals surface area contributed by atoms with Crippen LogP contribution in [0, 0.1) is 6.92 Å². The van der Waals surface area contributed by atoms with Crippen molar-refractivity contribution in [3.05, 3.63) is 69.5 Å². The lowest BCUT2D eigenvalue weighted by molar-refractivity contribution is 0.560. The van der Waals surface area contributed by atoms with Crippen LogP contribution in [-0.4, -0.2) is 0 Å². The van der Waals surface area contributed by atoms with Crippen molar-refractivity contribution in [2.45, 2.75) is 6.92 Å². The summed E-state index contributed by atoms with van der Waals surface area (Å²) in [7, 11) is 0. The number of fused-ring (bicyclic) bond motifs is 1. The Morgan fingerprint density at radius 3 is 2.53 bits per heavy atom. The Morgan fingerprint density at radius 1 is 1.05 bits per heavy atom. The molecule has 19 heavy (non-hydrogen) atoms. The van der Waals surface area contributed by atoms with E-state index >= 15 is 0 Å². The van der Waals surface area contributed by atoms with Gasteiger partial charge in [-0.1, -0.05) is 41.9 Å². The van der Waals surface area contributed by atoms with Gasteiger partial charge in [-0.3, -0.25) is 0 Å². The van der Waals surface area contributed by atoms with E-state index < -0.39 is 0 Å². The van der Waals surface area contributed by atoms with E-state index in [2.05, 4.69) is 0 Å². The van der Waals surface area contributed by atoms with E-state index in [1.807, 2.05) is 49.4 Å². The van der Waals surface area contributed by atoms with Crippen molar-refractivity contribution in [2.24, 2.45) is 0 Å². The second kappa shape index (κ2) is 4.56. The van der Waals surface area contributed by atoms with E-state index in [1.165, 1.54) is 6.07 Å². The zero-order valence-electron chi connectivity index (χ0n) is 10.3. The van der Waals surface area contributed by atoms with Crippen LogP contribution >= 0.6 is 11.6 Å². The van der Waals surface area contributed by atoms with Gasteiger partial charge in [-0.2, -0.15) is 0 Å². The molecule has 0 saturated heterocycles. The molecule has 0 saturated carbocycles. The van der Waals surface area contributed by atoms with Gasteiger partial charge in [-0.25, -0.2) is 4.79 Å². The molecule has 2 nitrogen and oxygen atoms in total. The Bertz CT molecular complexity index is 804. The van der Waals surface area contributed by atoms with E-state index in [0.717, 1.165) is 22.1 Å². The van der Waals surface area contributed by atoms with Crippen LogP contribution in [-0.2, 0) is 0 Å². The second-order valence-corrected chi connectivity index (χ2v) is 4.85. The molecule has 0 aliphatic rings. The van der Waals surface area contributed by atoms with E-state index in [-0.39, 0.29) is 5.63 Å². The molecular weight excluding hydrogens is 260 g/mol. The molecule has 3 heteroatoms. The number of benzene rings is 2. The summed E-state index contributed by atoms with van der Waals surface area (Å²) in [5.74, 6) is 0.